The molecule has 2 aromatic heterocycles. The zero-order valence-corrected chi connectivity index (χ0v) is 7.52. The molecule has 2 aromatic rings. The van der Waals surface area contributed by atoms with E-state index in [1.54, 1.807) is 12.3 Å². The van der Waals surface area contributed by atoms with Crippen molar-refractivity contribution in [1.29, 1.82) is 0 Å². The number of H-pyrrole nitrogens is 1. The summed E-state index contributed by atoms with van der Waals surface area (Å²) in [5, 5.41) is 0.441. The molecule has 0 aromatic carbocycles. The lowest BCUT2D eigenvalue weighted by molar-refractivity contribution is 0.633. The van der Waals surface area contributed by atoms with Crippen LogP contribution < -0.4 is 5.73 Å². The summed E-state index contributed by atoms with van der Waals surface area (Å²) in [5.74, 6) is -0.221. The topological polar surface area (TPSA) is 54.7 Å². The van der Waals surface area contributed by atoms with Crippen LogP contribution in [0.15, 0.2) is 16.7 Å². The predicted octanol–water partition coefficient (Wildman–Crippen LogP) is 2.05. The first kappa shape index (κ1) is 7.54. The van der Waals surface area contributed by atoms with Gasteiger partial charge in [0.2, 0.25) is 0 Å². The van der Waals surface area contributed by atoms with Gasteiger partial charge in [0.05, 0.1) is 9.86 Å². The second-order valence-corrected chi connectivity index (χ2v) is 3.16. The van der Waals surface area contributed by atoms with Crippen LogP contribution in [0.25, 0.3) is 11.0 Å². The van der Waals surface area contributed by atoms with Gasteiger partial charge in [-0.15, -0.1) is 0 Å². The molecule has 0 fully saturated rings. The Morgan fingerprint density at radius 3 is 3.08 bits per heavy atom. The number of pyridine rings is 1. The molecule has 62 valence electrons. The number of halogens is 2. The molecule has 0 spiro atoms. The molecule has 0 aliphatic rings. The van der Waals surface area contributed by atoms with Gasteiger partial charge in [-0.3, -0.25) is 0 Å². The SMILES string of the molecule is Nc1nc2[nH]ccc2c(F)c1Br. The lowest BCUT2D eigenvalue weighted by atomic mass is 10.3. The van der Waals surface area contributed by atoms with Crippen molar-refractivity contribution in [3.8, 4) is 0 Å². The zero-order chi connectivity index (χ0) is 8.72. The predicted molar refractivity (Wildman–Crippen MR) is 48.2 cm³/mol. The minimum Gasteiger partial charge on any atom is -0.383 e. The molecule has 0 aliphatic carbocycles. The van der Waals surface area contributed by atoms with Gasteiger partial charge in [-0.25, -0.2) is 9.37 Å². The first-order chi connectivity index (χ1) is 5.70. The third-order valence-electron chi connectivity index (χ3n) is 1.61. The minimum atomic E-state index is -0.376. The van der Waals surface area contributed by atoms with E-state index in [2.05, 4.69) is 25.9 Å². The molecule has 0 radical (unpaired) electrons. The molecule has 12 heavy (non-hydrogen) atoms. The minimum absolute atomic E-state index is 0.155. The van der Waals surface area contributed by atoms with Crippen LogP contribution in [-0.4, -0.2) is 9.97 Å². The van der Waals surface area contributed by atoms with Gasteiger partial charge in [0.25, 0.3) is 0 Å². The molecule has 0 saturated carbocycles. The van der Waals surface area contributed by atoms with Crippen molar-refractivity contribution in [2.24, 2.45) is 0 Å². The van der Waals surface area contributed by atoms with Crippen LogP contribution in [0.3, 0.4) is 0 Å². The van der Waals surface area contributed by atoms with E-state index in [1.807, 2.05) is 0 Å². The number of nitrogens with two attached hydrogens (primary N) is 1. The van der Waals surface area contributed by atoms with Crippen molar-refractivity contribution in [1.82, 2.24) is 9.97 Å². The van der Waals surface area contributed by atoms with Gasteiger partial charge in [0, 0.05) is 6.20 Å². The molecule has 0 aliphatic heterocycles. The summed E-state index contributed by atoms with van der Waals surface area (Å²) in [7, 11) is 0. The Morgan fingerprint density at radius 1 is 1.58 bits per heavy atom. The third kappa shape index (κ3) is 0.896. The largest absolute Gasteiger partial charge is 0.383 e. The highest BCUT2D eigenvalue weighted by Crippen LogP contribution is 2.26. The number of fused-ring (bicyclic) bond motifs is 1. The van der Waals surface area contributed by atoms with E-state index in [1.165, 1.54) is 0 Å². The molecular formula is C7H5BrFN3. The molecule has 3 nitrogen and oxygen atoms in total. The Balaban J connectivity index is 2.94. The molecule has 2 rings (SSSR count). The third-order valence-corrected chi connectivity index (χ3v) is 2.37. The number of nitrogen functional groups attached to an aromatic ring is 1. The molecule has 0 saturated heterocycles. The number of nitrogens with one attached hydrogen (secondary N) is 1. The molecule has 0 bridgehead atoms. The molecule has 5 heteroatoms. The first-order valence-electron chi connectivity index (χ1n) is 3.27. The van der Waals surface area contributed by atoms with Gasteiger partial charge in [0.1, 0.15) is 11.5 Å². The van der Waals surface area contributed by atoms with E-state index in [-0.39, 0.29) is 16.1 Å². The maximum atomic E-state index is 13.3. The van der Waals surface area contributed by atoms with Gasteiger partial charge < -0.3 is 10.7 Å². The maximum absolute atomic E-state index is 13.3. The van der Waals surface area contributed by atoms with Gasteiger partial charge in [0.15, 0.2) is 5.82 Å². The summed E-state index contributed by atoms with van der Waals surface area (Å²) in [6.07, 6.45) is 1.62. The van der Waals surface area contributed by atoms with Gasteiger partial charge >= 0.3 is 0 Å². The average Bonchev–Trinajstić information content (AvgIpc) is 2.48. The number of anilines is 1. The first-order valence-corrected chi connectivity index (χ1v) is 4.07. The normalized spacial score (nSPS) is 10.8. The highest BCUT2D eigenvalue weighted by atomic mass is 79.9. The van der Waals surface area contributed by atoms with E-state index < -0.39 is 0 Å². The molecule has 0 amide bonds. The van der Waals surface area contributed by atoms with Crippen molar-refractivity contribution in [2.45, 2.75) is 0 Å². The Hall–Kier alpha value is -1.10. The van der Waals surface area contributed by atoms with Crippen LogP contribution in [0, 0.1) is 5.82 Å². The number of aromatic nitrogens is 2. The van der Waals surface area contributed by atoms with Gasteiger partial charge in [-0.05, 0) is 22.0 Å². The Bertz CT molecular complexity index is 437. The van der Waals surface area contributed by atoms with E-state index in [0.29, 0.717) is 11.0 Å². The summed E-state index contributed by atoms with van der Waals surface area (Å²) >= 11 is 3.01. The molecule has 3 N–H and O–H groups in total. The Labute approximate surface area is 75.9 Å². The smallest absolute Gasteiger partial charge is 0.152 e. The van der Waals surface area contributed by atoms with Crippen molar-refractivity contribution in [2.75, 3.05) is 5.73 Å². The lowest BCUT2D eigenvalue weighted by Gasteiger charge is -1.99. The number of hydrogen-bond acceptors (Lipinski definition) is 2. The summed E-state index contributed by atoms with van der Waals surface area (Å²) < 4.78 is 13.5. The van der Waals surface area contributed by atoms with Crippen LogP contribution in [0.5, 0.6) is 0 Å². The Kier molecular flexibility index (Phi) is 1.54. The fourth-order valence-corrected chi connectivity index (χ4v) is 1.33. The summed E-state index contributed by atoms with van der Waals surface area (Å²) in [4.78, 5) is 6.71. The lowest BCUT2D eigenvalue weighted by Crippen LogP contribution is -1.94. The van der Waals surface area contributed by atoms with Gasteiger partial charge in [-0.1, -0.05) is 0 Å². The Morgan fingerprint density at radius 2 is 2.33 bits per heavy atom. The summed E-state index contributed by atoms with van der Waals surface area (Å²) in [5.41, 5.74) is 5.89. The maximum Gasteiger partial charge on any atom is 0.152 e. The molecule has 0 atom stereocenters. The molecule has 2 heterocycles. The summed E-state index contributed by atoms with van der Waals surface area (Å²) in [6.45, 7) is 0. The van der Waals surface area contributed by atoms with E-state index in [0.717, 1.165) is 0 Å². The highest BCUT2D eigenvalue weighted by molar-refractivity contribution is 9.10. The molecular weight excluding hydrogens is 225 g/mol. The summed E-state index contributed by atoms with van der Waals surface area (Å²) in [6, 6.07) is 1.61. The number of rotatable bonds is 0. The second kappa shape index (κ2) is 2.45. The fraction of sp³-hybridized carbons (Fsp3) is 0. The quantitative estimate of drug-likeness (QED) is 0.727. The van der Waals surface area contributed by atoms with Crippen molar-refractivity contribution in [3.63, 3.8) is 0 Å². The standard InChI is InChI=1S/C7H5BrFN3/c8-4-5(9)3-1-2-11-7(3)12-6(4)10/h1-2H,(H3,10,11,12). The van der Waals surface area contributed by atoms with Crippen LogP contribution >= 0.6 is 15.9 Å². The number of hydrogen-bond donors (Lipinski definition) is 2. The van der Waals surface area contributed by atoms with Crippen LogP contribution in [0.1, 0.15) is 0 Å². The number of nitrogens with zero attached hydrogens (tertiary/aromatic N) is 1. The van der Waals surface area contributed by atoms with Crippen molar-refractivity contribution < 1.29 is 4.39 Å². The monoisotopic (exact) mass is 229 g/mol. The zero-order valence-electron chi connectivity index (χ0n) is 5.94. The van der Waals surface area contributed by atoms with Crippen LogP contribution in [0.4, 0.5) is 10.2 Å². The van der Waals surface area contributed by atoms with Gasteiger partial charge in [-0.2, -0.15) is 0 Å². The van der Waals surface area contributed by atoms with E-state index in [4.69, 9.17) is 5.73 Å². The molecule has 0 unspecified atom stereocenters. The second-order valence-electron chi connectivity index (χ2n) is 2.36. The average molecular weight is 230 g/mol. The van der Waals surface area contributed by atoms with Crippen LogP contribution in [-0.2, 0) is 0 Å². The van der Waals surface area contributed by atoms with Crippen molar-refractivity contribution >= 4 is 32.8 Å². The van der Waals surface area contributed by atoms with E-state index >= 15 is 0 Å². The fourth-order valence-electron chi connectivity index (χ4n) is 1.03. The van der Waals surface area contributed by atoms with Crippen LogP contribution in [0.2, 0.25) is 0 Å². The van der Waals surface area contributed by atoms with E-state index in [9.17, 15) is 4.39 Å². The van der Waals surface area contributed by atoms with Crippen molar-refractivity contribution in [3.05, 3.63) is 22.6 Å². The highest BCUT2D eigenvalue weighted by Gasteiger charge is 2.10. The number of aromatic amines is 1.